The Bertz CT molecular complexity index is 999. The number of carbonyl (C=O) groups is 1. The van der Waals surface area contributed by atoms with Gasteiger partial charge in [0.05, 0.1) is 19.2 Å². The Morgan fingerprint density at radius 2 is 1.85 bits per heavy atom. The Labute approximate surface area is 155 Å². The standard InChI is InChI=1S/C19H18ClN3O3/c1-25-16-7-12-5-6-22(9-13(12)8-17(16)26-2)19(24)15-11-23-10-14(20)3-4-18(23)21-15/h3-4,7-8,10-11H,5-6,9H2,1-2H3. The number of hydrogen-bond donors (Lipinski definition) is 0. The molecule has 0 aliphatic carbocycles. The van der Waals surface area contributed by atoms with Crippen molar-refractivity contribution >= 4 is 23.2 Å². The van der Waals surface area contributed by atoms with E-state index in [-0.39, 0.29) is 5.91 Å². The highest BCUT2D eigenvalue weighted by Crippen LogP contribution is 2.33. The maximum atomic E-state index is 12.9. The van der Waals surface area contributed by atoms with Crippen LogP contribution in [0.15, 0.2) is 36.7 Å². The van der Waals surface area contributed by atoms with Gasteiger partial charge in [0.1, 0.15) is 11.3 Å². The first-order chi connectivity index (χ1) is 12.6. The summed E-state index contributed by atoms with van der Waals surface area (Å²) in [5, 5.41) is 0.599. The minimum absolute atomic E-state index is 0.0924. The molecule has 0 saturated heterocycles. The van der Waals surface area contributed by atoms with E-state index in [4.69, 9.17) is 21.1 Å². The van der Waals surface area contributed by atoms with Crippen LogP contribution in [-0.2, 0) is 13.0 Å². The van der Waals surface area contributed by atoms with E-state index < -0.39 is 0 Å². The monoisotopic (exact) mass is 371 g/mol. The molecular formula is C19H18ClN3O3. The second kappa shape index (κ2) is 6.53. The molecule has 0 atom stereocenters. The highest BCUT2D eigenvalue weighted by molar-refractivity contribution is 6.30. The molecule has 4 rings (SSSR count). The van der Waals surface area contributed by atoms with Gasteiger partial charge in [0, 0.05) is 25.5 Å². The van der Waals surface area contributed by atoms with E-state index in [1.54, 1.807) is 48.0 Å². The molecule has 0 radical (unpaired) electrons. The number of carbonyl (C=O) groups excluding carboxylic acids is 1. The molecule has 2 aromatic heterocycles. The summed E-state index contributed by atoms with van der Waals surface area (Å²) < 4.78 is 12.5. The van der Waals surface area contributed by atoms with Crippen molar-refractivity contribution in [3.05, 3.63) is 58.5 Å². The fourth-order valence-corrected chi connectivity index (χ4v) is 3.45. The Hall–Kier alpha value is -2.73. The number of hydrogen-bond acceptors (Lipinski definition) is 4. The van der Waals surface area contributed by atoms with Gasteiger partial charge in [-0.1, -0.05) is 11.6 Å². The number of imidazole rings is 1. The quantitative estimate of drug-likeness (QED) is 0.709. The highest BCUT2D eigenvalue weighted by Gasteiger charge is 2.25. The van der Waals surface area contributed by atoms with Crippen LogP contribution in [0.3, 0.4) is 0 Å². The van der Waals surface area contributed by atoms with Gasteiger partial charge in [0.25, 0.3) is 5.91 Å². The molecule has 0 spiro atoms. The first-order valence-electron chi connectivity index (χ1n) is 8.26. The van der Waals surface area contributed by atoms with E-state index in [0.717, 1.165) is 12.0 Å². The van der Waals surface area contributed by atoms with E-state index in [9.17, 15) is 4.79 Å². The Kier molecular flexibility index (Phi) is 4.20. The molecule has 1 amide bonds. The largest absolute Gasteiger partial charge is 0.493 e. The van der Waals surface area contributed by atoms with Crippen molar-refractivity contribution in [2.24, 2.45) is 0 Å². The number of methoxy groups -OCH3 is 2. The van der Waals surface area contributed by atoms with Crippen LogP contribution in [0.2, 0.25) is 5.02 Å². The Morgan fingerprint density at radius 1 is 1.12 bits per heavy atom. The molecule has 3 heterocycles. The van der Waals surface area contributed by atoms with Crippen molar-refractivity contribution in [3.63, 3.8) is 0 Å². The zero-order valence-corrected chi connectivity index (χ0v) is 15.3. The van der Waals surface area contributed by atoms with Gasteiger partial charge < -0.3 is 18.8 Å². The first kappa shape index (κ1) is 16.7. The lowest BCUT2D eigenvalue weighted by Crippen LogP contribution is -2.36. The molecule has 7 heteroatoms. The van der Waals surface area contributed by atoms with Crippen molar-refractivity contribution in [2.45, 2.75) is 13.0 Å². The molecule has 3 aromatic rings. The number of ether oxygens (including phenoxy) is 2. The van der Waals surface area contributed by atoms with Crippen molar-refractivity contribution in [3.8, 4) is 11.5 Å². The van der Waals surface area contributed by atoms with Gasteiger partial charge in [-0.15, -0.1) is 0 Å². The Balaban J connectivity index is 1.62. The van der Waals surface area contributed by atoms with Crippen LogP contribution in [0.25, 0.3) is 5.65 Å². The maximum Gasteiger partial charge on any atom is 0.274 e. The van der Waals surface area contributed by atoms with Gasteiger partial charge in [0.2, 0.25) is 0 Å². The Morgan fingerprint density at radius 3 is 2.58 bits per heavy atom. The molecule has 1 aliphatic rings. The second-order valence-electron chi connectivity index (χ2n) is 6.19. The third kappa shape index (κ3) is 2.86. The first-order valence-corrected chi connectivity index (χ1v) is 8.64. The maximum absolute atomic E-state index is 12.9. The second-order valence-corrected chi connectivity index (χ2v) is 6.63. The number of nitrogens with zero attached hydrogens (tertiary/aromatic N) is 3. The van der Waals surface area contributed by atoms with Crippen molar-refractivity contribution in [1.82, 2.24) is 14.3 Å². The lowest BCUT2D eigenvalue weighted by atomic mass is 9.98. The number of halogens is 1. The molecule has 0 bridgehead atoms. The number of pyridine rings is 1. The number of benzene rings is 1. The zero-order valence-electron chi connectivity index (χ0n) is 14.5. The zero-order chi connectivity index (χ0) is 18.3. The molecule has 0 N–H and O–H groups in total. The van der Waals surface area contributed by atoms with E-state index >= 15 is 0 Å². The molecule has 1 aliphatic heterocycles. The van der Waals surface area contributed by atoms with E-state index in [1.165, 1.54) is 5.56 Å². The third-order valence-electron chi connectivity index (χ3n) is 4.64. The fourth-order valence-electron chi connectivity index (χ4n) is 3.29. The lowest BCUT2D eigenvalue weighted by Gasteiger charge is -2.29. The number of amides is 1. The lowest BCUT2D eigenvalue weighted by molar-refractivity contribution is 0.0729. The SMILES string of the molecule is COc1cc2c(cc1OC)CN(C(=O)c1cn3cc(Cl)ccc3n1)CC2. The third-order valence-corrected chi connectivity index (χ3v) is 4.86. The molecule has 0 unspecified atom stereocenters. The number of fused-ring (bicyclic) bond motifs is 2. The average Bonchev–Trinajstić information content (AvgIpc) is 3.08. The van der Waals surface area contributed by atoms with E-state index in [1.807, 2.05) is 12.1 Å². The van der Waals surface area contributed by atoms with Crippen LogP contribution in [0, 0.1) is 0 Å². The summed E-state index contributed by atoms with van der Waals surface area (Å²) in [5.74, 6) is 1.29. The van der Waals surface area contributed by atoms with Gasteiger partial charge in [0.15, 0.2) is 11.5 Å². The number of aromatic nitrogens is 2. The molecule has 134 valence electrons. The molecule has 0 saturated carbocycles. The number of rotatable bonds is 3. The highest BCUT2D eigenvalue weighted by atomic mass is 35.5. The summed E-state index contributed by atoms with van der Waals surface area (Å²) in [4.78, 5) is 19.1. The molecular weight excluding hydrogens is 354 g/mol. The van der Waals surface area contributed by atoms with E-state index in [0.29, 0.717) is 41.0 Å². The molecule has 1 aromatic carbocycles. The summed E-state index contributed by atoms with van der Waals surface area (Å²) in [6.45, 7) is 1.15. The van der Waals surface area contributed by atoms with Crippen LogP contribution in [0.5, 0.6) is 11.5 Å². The normalized spacial score (nSPS) is 13.6. The smallest absolute Gasteiger partial charge is 0.274 e. The summed E-state index contributed by atoms with van der Waals surface area (Å²) in [6, 6.07) is 7.48. The van der Waals surface area contributed by atoms with Crippen LogP contribution in [-0.4, -0.2) is 41.0 Å². The summed E-state index contributed by atoms with van der Waals surface area (Å²) in [5.41, 5.74) is 3.35. The summed E-state index contributed by atoms with van der Waals surface area (Å²) in [7, 11) is 3.23. The predicted octanol–water partition coefficient (Wildman–Crippen LogP) is 3.20. The van der Waals surface area contributed by atoms with Gasteiger partial charge in [-0.05, 0) is 41.8 Å². The minimum Gasteiger partial charge on any atom is -0.493 e. The fraction of sp³-hybridized carbons (Fsp3) is 0.263. The van der Waals surface area contributed by atoms with Gasteiger partial charge >= 0.3 is 0 Å². The topological polar surface area (TPSA) is 56.1 Å². The van der Waals surface area contributed by atoms with Crippen molar-refractivity contribution in [2.75, 3.05) is 20.8 Å². The van der Waals surface area contributed by atoms with Crippen LogP contribution in [0.4, 0.5) is 0 Å². The van der Waals surface area contributed by atoms with Crippen molar-refractivity contribution < 1.29 is 14.3 Å². The van der Waals surface area contributed by atoms with Crippen LogP contribution >= 0.6 is 11.6 Å². The summed E-state index contributed by atoms with van der Waals surface area (Å²) >= 11 is 6.00. The van der Waals surface area contributed by atoms with Crippen LogP contribution < -0.4 is 9.47 Å². The molecule has 0 fully saturated rings. The van der Waals surface area contributed by atoms with Gasteiger partial charge in [-0.2, -0.15) is 0 Å². The molecule has 6 nitrogen and oxygen atoms in total. The minimum atomic E-state index is -0.0924. The van der Waals surface area contributed by atoms with Crippen LogP contribution in [0.1, 0.15) is 21.6 Å². The average molecular weight is 372 g/mol. The summed E-state index contributed by atoms with van der Waals surface area (Å²) in [6.07, 6.45) is 4.22. The van der Waals surface area contributed by atoms with Crippen molar-refractivity contribution in [1.29, 1.82) is 0 Å². The molecule has 26 heavy (non-hydrogen) atoms. The van der Waals surface area contributed by atoms with E-state index in [2.05, 4.69) is 4.98 Å². The predicted molar refractivity (Wildman–Crippen MR) is 98.2 cm³/mol. The van der Waals surface area contributed by atoms with Gasteiger partial charge in [-0.25, -0.2) is 4.98 Å². The van der Waals surface area contributed by atoms with Gasteiger partial charge in [-0.3, -0.25) is 4.79 Å².